The Morgan fingerprint density at radius 3 is 2.09 bits per heavy atom. The number of nitrogens with zero attached hydrogens (tertiary/aromatic N) is 1. The molecular weight excluding hydrogens is 300 g/mol. The highest BCUT2D eigenvalue weighted by atomic mass is 32.2. The number of rotatable bonds is 4. The van der Waals surface area contributed by atoms with E-state index in [9.17, 15) is 13.2 Å². The Kier molecular flexibility index (Phi) is 5.58. The molecule has 0 aliphatic carbocycles. The Balaban J connectivity index is 2.16. The molecule has 1 amide bonds. The molecule has 1 aromatic carbocycles. The van der Waals surface area contributed by atoms with Crippen LogP contribution in [-0.4, -0.2) is 37.8 Å². The Labute approximate surface area is 132 Å². The maximum absolute atomic E-state index is 12.6. The van der Waals surface area contributed by atoms with Gasteiger partial charge < -0.3 is 5.32 Å². The molecule has 6 heteroatoms. The predicted octanol–water partition coefficient (Wildman–Crippen LogP) is 2.39. The highest BCUT2D eigenvalue weighted by molar-refractivity contribution is 7.89. The summed E-state index contributed by atoms with van der Waals surface area (Å²) in [7, 11) is -3.45. The fourth-order valence-electron chi connectivity index (χ4n) is 2.55. The zero-order valence-corrected chi connectivity index (χ0v) is 14.0. The molecule has 0 atom stereocenters. The van der Waals surface area contributed by atoms with E-state index in [4.69, 9.17) is 0 Å². The van der Waals surface area contributed by atoms with E-state index in [-0.39, 0.29) is 16.8 Å². The minimum Gasteiger partial charge on any atom is -0.350 e. The first-order valence-corrected chi connectivity index (χ1v) is 9.26. The summed E-state index contributed by atoms with van der Waals surface area (Å²) in [5.41, 5.74) is 0.475. The quantitative estimate of drug-likeness (QED) is 0.925. The molecule has 0 radical (unpaired) electrons. The Bertz CT molecular complexity index is 601. The SMILES string of the molecule is CC(C)NC(=O)c1ccc(S(=O)(=O)N2CCCCCC2)cc1. The van der Waals surface area contributed by atoms with Gasteiger partial charge in [-0.15, -0.1) is 0 Å². The van der Waals surface area contributed by atoms with Gasteiger partial charge in [-0.2, -0.15) is 4.31 Å². The van der Waals surface area contributed by atoms with Crippen molar-refractivity contribution in [1.29, 1.82) is 0 Å². The zero-order chi connectivity index (χ0) is 16.2. The second kappa shape index (κ2) is 7.24. The molecule has 0 spiro atoms. The second-order valence-electron chi connectivity index (χ2n) is 5.97. The molecular formula is C16H24N2O3S. The first kappa shape index (κ1) is 17.0. The van der Waals surface area contributed by atoms with Crippen molar-refractivity contribution in [2.75, 3.05) is 13.1 Å². The first-order valence-electron chi connectivity index (χ1n) is 7.82. The summed E-state index contributed by atoms with van der Waals surface area (Å²) in [5, 5.41) is 2.79. The van der Waals surface area contributed by atoms with Gasteiger partial charge in [0.2, 0.25) is 10.0 Å². The fourth-order valence-corrected chi connectivity index (χ4v) is 4.07. The van der Waals surface area contributed by atoms with Crippen LogP contribution in [-0.2, 0) is 10.0 Å². The van der Waals surface area contributed by atoms with Crippen molar-refractivity contribution in [2.24, 2.45) is 0 Å². The highest BCUT2D eigenvalue weighted by Crippen LogP contribution is 2.20. The van der Waals surface area contributed by atoms with Gasteiger partial charge in [0, 0.05) is 24.7 Å². The van der Waals surface area contributed by atoms with Gasteiger partial charge in [0.05, 0.1) is 4.90 Å². The monoisotopic (exact) mass is 324 g/mol. The fraction of sp³-hybridized carbons (Fsp3) is 0.562. The van der Waals surface area contributed by atoms with E-state index in [1.54, 1.807) is 16.4 Å². The van der Waals surface area contributed by atoms with Gasteiger partial charge in [0.25, 0.3) is 5.91 Å². The van der Waals surface area contributed by atoms with Gasteiger partial charge in [0.1, 0.15) is 0 Å². The zero-order valence-electron chi connectivity index (χ0n) is 13.2. The number of amides is 1. The number of hydrogen-bond donors (Lipinski definition) is 1. The molecule has 1 heterocycles. The van der Waals surface area contributed by atoms with Crippen molar-refractivity contribution in [3.8, 4) is 0 Å². The van der Waals surface area contributed by atoms with Crippen molar-refractivity contribution in [2.45, 2.75) is 50.5 Å². The summed E-state index contributed by atoms with van der Waals surface area (Å²) < 4.78 is 26.8. The van der Waals surface area contributed by atoms with Gasteiger partial charge in [-0.3, -0.25) is 4.79 Å². The molecule has 1 saturated heterocycles. The molecule has 0 bridgehead atoms. The normalized spacial score (nSPS) is 17.2. The molecule has 2 rings (SSSR count). The average molecular weight is 324 g/mol. The van der Waals surface area contributed by atoms with Crippen LogP contribution in [0.3, 0.4) is 0 Å². The largest absolute Gasteiger partial charge is 0.350 e. The molecule has 22 heavy (non-hydrogen) atoms. The number of sulfonamides is 1. The van der Waals surface area contributed by atoms with Crippen molar-refractivity contribution in [3.05, 3.63) is 29.8 Å². The second-order valence-corrected chi connectivity index (χ2v) is 7.91. The summed E-state index contributed by atoms with van der Waals surface area (Å²) >= 11 is 0. The smallest absolute Gasteiger partial charge is 0.251 e. The predicted molar refractivity (Wildman–Crippen MR) is 86.3 cm³/mol. The average Bonchev–Trinajstić information content (AvgIpc) is 2.76. The summed E-state index contributed by atoms with van der Waals surface area (Å²) in [6.45, 7) is 4.93. The lowest BCUT2D eigenvalue weighted by atomic mass is 10.2. The van der Waals surface area contributed by atoms with E-state index in [0.717, 1.165) is 25.7 Å². The van der Waals surface area contributed by atoms with Crippen LogP contribution in [0.1, 0.15) is 49.9 Å². The lowest BCUT2D eigenvalue weighted by Gasteiger charge is -2.20. The molecule has 1 N–H and O–H groups in total. The van der Waals surface area contributed by atoms with Crippen molar-refractivity contribution in [3.63, 3.8) is 0 Å². The van der Waals surface area contributed by atoms with E-state index in [0.29, 0.717) is 18.7 Å². The van der Waals surface area contributed by atoms with Crippen molar-refractivity contribution >= 4 is 15.9 Å². The van der Waals surface area contributed by atoms with Gasteiger partial charge >= 0.3 is 0 Å². The number of hydrogen-bond acceptors (Lipinski definition) is 3. The van der Waals surface area contributed by atoms with Crippen LogP contribution in [0.15, 0.2) is 29.2 Å². The standard InChI is InChI=1S/C16H24N2O3S/c1-13(2)17-16(19)14-7-9-15(10-8-14)22(20,21)18-11-5-3-4-6-12-18/h7-10,13H,3-6,11-12H2,1-2H3,(H,17,19). The molecule has 1 aliphatic rings. The van der Waals surface area contributed by atoms with Crippen molar-refractivity contribution in [1.82, 2.24) is 9.62 Å². The number of benzene rings is 1. The van der Waals surface area contributed by atoms with Crippen molar-refractivity contribution < 1.29 is 13.2 Å². The third-order valence-electron chi connectivity index (χ3n) is 3.74. The Morgan fingerprint density at radius 2 is 1.59 bits per heavy atom. The minimum absolute atomic E-state index is 0.0491. The summed E-state index contributed by atoms with van der Waals surface area (Å²) in [6, 6.07) is 6.24. The van der Waals surface area contributed by atoms with E-state index in [1.807, 2.05) is 13.8 Å². The summed E-state index contributed by atoms with van der Waals surface area (Å²) in [4.78, 5) is 12.2. The lowest BCUT2D eigenvalue weighted by Crippen LogP contribution is -2.32. The molecule has 5 nitrogen and oxygen atoms in total. The maximum Gasteiger partial charge on any atom is 0.251 e. The van der Waals surface area contributed by atoms with Crippen LogP contribution in [0.25, 0.3) is 0 Å². The van der Waals surface area contributed by atoms with Crippen LogP contribution in [0.2, 0.25) is 0 Å². The van der Waals surface area contributed by atoms with Crippen LogP contribution < -0.4 is 5.32 Å². The van der Waals surface area contributed by atoms with E-state index in [2.05, 4.69) is 5.32 Å². The molecule has 1 fully saturated rings. The Morgan fingerprint density at radius 1 is 1.05 bits per heavy atom. The number of carbonyl (C=O) groups is 1. The van der Waals surface area contributed by atoms with Crippen LogP contribution in [0, 0.1) is 0 Å². The van der Waals surface area contributed by atoms with Crippen LogP contribution >= 0.6 is 0 Å². The molecule has 1 aromatic rings. The first-order chi connectivity index (χ1) is 10.4. The van der Waals surface area contributed by atoms with Crippen LogP contribution in [0.4, 0.5) is 0 Å². The molecule has 122 valence electrons. The highest BCUT2D eigenvalue weighted by Gasteiger charge is 2.25. The van der Waals surface area contributed by atoms with Gasteiger partial charge in [-0.1, -0.05) is 12.8 Å². The Hall–Kier alpha value is -1.40. The molecule has 0 aromatic heterocycles. The molecule has 0 unspecified atom stereocenters. The van der Waals surface area contributed by atoms with E-state index < -0.39 is 10.0 Å². The van der Waals surface area contributed by atoms with Gasteiger partial charge in [-0.25, -0.2) is 8.42 Å². The van der Waals surface area contributed by atoms with E-state index in [1.165, 1.54) is 12.1 Å². The summed E-state index contributed by atoms with van der Waals surface area (Å²) in [6.07, 6.45) is 3.99. The maximum atomic E-state index is 12.6. The topological polar surface area (TPSA) is 66.5 Å². The van der Waals surface area contributed by atoms with E-state index >= 15 is 0 Å². The van der Waals surface area contributed by atoms with Gasteiger partial charge in [-0.05, 0) is 51.0 Å². The molecule has 1 aliphatic heterocycles. The third-order valence-corrected chi connectivity index (χ3v) is 5.65. The van der Waals surface area contributed by atoms with Gasteiger partial charge in [0.15, 0.2) is 0 Å². The summed E-state index contributed by atoms with van der Waals surface area (Å²) in [5.74, 6) is -0.186. The number of nitrogens with one attached hydrogen (secondary N) is 1. The third kappa shape index (κ3) is 4.08. The van der Waals surface area contributed by atoms with Crippen LogP contribution in [0.5, 0.6) is 0 Å². The lowest BCUT2D eigenvalue weighted by molar-refractivity contribution is 0.0943. The minimum atomic E-state index is -3.45. The number of carbonyl (C=O) groups excluding carboxylic acids is 1. The molecule has 0 saturated carbocycles.